The van der Waals surface area contributed by atoms with E-state index in [9.17, 15) is 5.11 Å². The number of oxime groups is 1. The van der Waals surface area contributed by atoms with Crippen molar-refractivity contribution in [3.8, 4) is 0 Å². The number of nitrogens with zero attached hydrogens (tertiary/aromatic N) is 2. The van der Waals surface area contributed by atoms with E-state index in [4.69, 9.17) is 10.9 Å². The maximum absolute atomic E-state index is 9.52. The lowest BCUT2D eigenvalue weighted by molar-refractivity contribution is 0.0819. The number of piperidine rings is 1. The summed E-state index contributed by atoms with van der Waals surface area (Å²) >= 11 is 0. The summed E-state index contributed by atoms with van der Waals surface area (Å²) in [6.45, 7) is 2.42. The number of aliphatic hydroxyl groups is 1. The van der Waals surface area contributed by atoms with E-state index in [0.29, 0.717) is 6.54 Å². The highest BCUT2D eigenvalue weighted by Gasteiger charge is 2.23. The average molecular weight is 263 g/mol. The first-order valence-electron chi connectivity index (χ1n) is 6.63. The van der Waals surface area contributed by atoms with Crippen molar-refractivity contribution in [2.75, 3.05) is 19.6 Å². The molecular formula is C14H21N3O2. The maximum atomic E-state index is 9.52. The van der Waals surface area contributed by atoms with Crippen molar-refractivity contribution in [3.05, 3.63) is 35.9 Å². The van der Waals surface area contributed by atoms with E-state index in [-0.39, 0.29) is 17.9 Å². The Hall–Kier alpha value is -1.59. The molecule has 0 amide bonds. The highest BCUT2D eigenvalue weighted by atomic mass is 16.4. The van der Waals surface area contributed by atoms with E-state index in [1.165, 1.54) is 0 Å². The van der Waals surface area contributed by atoms with Crippen molar-refractivity contribution in [3.63, 3.8) is 0 Å². The van der Waals surface area contributed by atoms with E-state index in [1.807, 2.05) is 30.3 Å². The second-order valence-corrected chi connectivity index (χ2v) is 5.02. The molecule has 0 saturated carbocycles. The largest absolute Gasteiger partial charge is 0.409 e. The normalized spacial score (nSPS) is 20.4. The molecule has 19 heavy (non-hydrogen) atoms. The monoisotopic (exact) mass is 263 g/mol. The van der Waals surface area contributed by atoms with Gasteiger partial charge < -0.3 is 20.9 Å². The summed E-state index contributed by atoms with van der Waals surface area (Å²) in [4.78, 5) is 2.25. The molecule has 5 heteroatoms. The van der Waals surface area contributed by atoms with Crippen LogP contribution in [0.3, 0.4) is 0 Å². The molecule has 1 aromatic carbocycles. The van der Waals surface area contributed by atoms with Gasteiger partial charge in [0.05, 0.1) is 12.0 Å². The third kappa shape index (κ3) is 3.68. The molecule has 5 nitrogen and oxygen atoms in total. The van der Waals surface area contributed by atoms with Gasteiger partial charge in [0.25, 0.3) is 0 Å². The molecule has 0 aromatic heterocycles. The molecule has 1 saturated heterocycles. The van der Waals surface area contributed by atoms with Crippen LogP contribution in [-0.2, 0) is 0 Å². The van der Waals surface area contributed by atoms with Crippen LogP contribution >= 0.6 is 0 Å². The van der Waals surface area contributed by atoms with Crippen molar-refractivity contribution in [1.82, 2.24) is 4.90 Å². The van der Waals surface area contributed by atoms with Gasteiger partial charge in [0.2, 0.25) is 0 Å². The summed E-state index contributed by atoms with van der Waals surface area (Å²) < 4.78 is 0. The van der Waals surface area contributed by atoms with Gasteiger partial charge in [-0.15, -0.1) is 0 Å². The quantitative estimate of drug-likeness (QED) is 0.327. The highest BCUT2D eigenvalue weighted by molar-refractivity contribution is 5.87. The number of benzene rings is 1. The third-order valence-corrected chi connectivity index (χ3v) is 3.67. The van der Waals surface area contributed by atoms with Crippen molar-refractivity contribution >= 4 is 5.84 Å². The van der Waals surface area contributed by atoms with Crippen molar-refractivity contribution in [2.45, 2.75) is 24.9 Å². The minimum absolute atomic E-state index is 0.110. The molecule has 1 aliphatic heterocycles. The zero-order valence-electron chi connectivity index (χ0n) is 10.9. The van der Waals surface area contributed by atoms with Gasteiger partial charge in [-0.1, -0.05) is 35.5 Å². The maximum Gasteiger partial charge on any atom is 0.147 e. The lowest BCUT2D eigenvalue weighted by Gasteiger charge is -2.32. The Morgan fingerprint density at radius 2 is 1.95 bits per heavy atom. The van der Waals surface area contributed by atoms with Crippen molar-refractivity contribution in [2.24, 2.45) is 10.9 Å². The Bertz CT molecular complexity index is 414. The molecule has 1 unspecified atom stereocenters. The van der Waals surface area contributed by atoms with Crippen LogP contribution in [0.4, 0.5) is 0 Å². The molecule has 0 aliphatic carbocycles. The van der Waals surface area contributed by atoms with Crippen LogP contribution in [0.5, 0.6) is 0 Å². The minimum Gasteiger partial charge on any atom is -0.409 e. The summed E-state index contributed by atoms with van der Waals surface area (Å²) in [5, 5.41) is 21.6. The molecule has 1 aliphatic rings. The predicted molar refractivity (Wildman–Crippen MR) is 74.3 cm³/mol. The smallest absolute Gasteiger partial charge is 0.147 e. The van der Waals surface area contributed by atoms with Crippen LogP contribution < -0.4 is 5.73 Å². The number of likely N-dealkylation sites (tertiary alicyclic amines) is 1. The molecule has 1 aromatic rings. The lowest BCUT2D eigenvalue weighted by atomic mass is 9.96. The van der Waals surface area contributed by atoms with Crippen LogP contribution in [0, 0.1) is 0 Å². The van der Waals surface area contributed by atoms with Gasteiger partial charge >= 0.3 is 0 Å². The minimum atomic E-state index is -0.185. The lowest BCUT2D eigenvalue weighted by Crippen LogP contribution is -2.41. The third-order valence-electron chi connectivity index (χ3n) is 3.67. The van der Waals surface area contributed by atoms with Gasteiger partial charge in [0, 0.05) is 19.6 Å². The van der Waals surface area contributed by atoms with Gasteiger partial charge in [0.15, 0.2) is 0 Å². The van der Waals surface area contributed by atoms with E-state index in [0.717, 1.165) is 31.5 Å². The fourth-order valence-corrected chi connectivity index (χ4v) is 2.48. The number of nitrogens with two attached hydrogens (primary N) is 1. The van der Waals surface area contributed by atoms with Gasteiger partial charge in [-0.3, -0.25) is 0 Å². The molecule has 4 N–H and O–H groups in total. The van der Waals surface area contributed by atoms with Crippen LogP contribution in [0.15, 0.2) is 35.5 Å². The van der Waals surface area contributed by atoms with E-state index in [1.54, 1.807) is 0 Å². The molecule has 1 fully saturated rings. The molecule has 0 bridgehead atoms. The van der Waals surface area contributed by atoms with E-state index < -0.39 is 0 Å². The first-order chi connectivity index (χ1) is 9.20. The summed E-state index contributed by atoms with van der Waals surface area (Å²) in [7, 11) is 0. The Labute approximate surface area is 113 Å². The Morgan fingerprint density at radius 1 is 1.32 bits per heavy atom. The number of rotatable bonds is 4. The summed E-state index contributed by atoms with van der Waals surface area (Å²) in [5.74, 6) is 0.124. The van der Waals surface area contributed by atoms with Gasteiger partial charge in [-0.25, -0.2) is 0 Å². The SMILES string of the molecule is NC(=NO)C(CN1CCC(O)CC1)c1ccccc1. The predicted octanol–water partition coefficient (Wildman–Crippen LogP) is 0.973. The summed E-state index contributed by atoms with van der Waals surface area (Å²) in [5.41, 5.74) is 6.86. The topological polar surface area (TPSA) is 82.1 Å². The van der Waals surface area contributed by atoms with Crippen LogP contribution in [0.2, 0.25) is 0 Å². The zero-order chi connectivity index (χ0) is 13.7. The van der Waals surface area contributed by atoms with E-state index >= 15 is 0 Å². The number of hydrogen-bond acceptors (Lipinski definition) is 4. The van der Waals surface area contributed by atoms with E-state index in [2.05, 4.69) is 10.1 Å². The Balaban J connectivity index is 2.07. The second-order valence-electron chi connectivity index (χ2n) is 5.02. The molecule has 104 valence electrons. The van der Waals surface area contributed by atoms with Gasteiger partial charge in [0.1, 0.15) is 5.84 Å². The fraction of sp³-hybridized carbons (Fsp3) is 0.500. The zero-order valence-corrected chi connectivity index (χ0v) is 10.9. The molecule has 1 heterocycles. The molecule has 0 radical (unpaired) electrons. The fourth-order valence-electron chi connectivity index (χ4n) is 2.48. The first-order valence-corrected chi connectivity index (χ1v) is 6.63. The second kappa shape index (κ2) is 6.54. The average Bonchev–Trinajstić information content (AvgIpc) is 2.47. The standard InChI is InChI=1S/C14H21N3O2/c15-14(16-19)13(11-4-2-1-3-5-11)10-17-8-6-12(18)7-9-17/h1-5,12-13,18-19H,6-10H2,(H2,15,16). The van der Waals surface area contributed by atoms with Gasteiger partial charge in [-0.2, -0.15) is 0 Å². The molecule has 2 rings (SSSR count). The first kappa shape index (κ1) is 13.8. The summed E-state index contributed by atoms with van der Waals surface area (Å²) in [6.07, 6.45) is 1.39. The van der Waals surface area contributed by atoms with Gasteiger partial charge in [-0.05, 0) is 18.4 Å². The molecule has 0 spiro atoms. The van der Waals surface area contributed by atoms with Crippen LogP contribution in [0.1, 0.15) is 24.3 Å². The highest BCUT2D eigenvalue weighted by Crippen LogP contribution is 2.20. The molecule has 1 atom stereocenters. The van der Waals surface area contributed by atoms with Crippen LogP contribution in [0.25, 0.3) is 0 Å². The Morgan fingerprint density at radius 3 is 2.53 bits per heavy atom. The Kier molecular flexibility index (Phi) is 4.76. The summed E-state index contributed by atoms with van der Waals surface area (Å²) in [6, 6.07) is 9.83. The van der Waals surface area contributed by atoms with Crippen molar-refractivity contribution in [1.29, 1.82) is 0 Å². The number of hydrogen-bond donors (Lipinski definition) is 3. The van der Waals surface area contributed by atoms with Crippen LogP contribution in [-0.4, -0.2) is 46.8 Å². The molecular weight excluding hydrogens is 242 g/mol. The number of aliphatic hydroxyl groups excluding tert-OH is 1. The van der Waals surface area contributed by atoms with Crippen molar-refractivity contribution < 1.29 is 10.3 Å². The number of amidine groups is 1.